The Bertz CT molecular complexity index is 4800. The van der Waals surface area contributed by atoms with Crippen LogP contribution in [0.25, 0.3) is 185 Å². The fourth-order valence-corrected chi connectivity index (χ4v) is 14.3. The lowest BCUT2D eigenvalue weighted by molar-refractivity contribution is 0.627. The third-order valence-electron chi connectivity index (χ3n) is 17.1. The van der Waals surface area contributed by atoms with Crippen LogP contribution in [0, 0.1) is 11.6 Å². The van der Waals surface area contributed by atoms with Crippen molar-refractivity contribution in [2.45, 2.75) is 0 Å². The predicted molar refractivity (Wildman–Crippen MR) is 301 cm³/mol. The molecule has 0 bridgehead atoms. The lowest BCUT2D eigenvalue weighted by atomic mass is 9.82. The quantitative estimate of drug-likeness (QED) is 0.120. The van der Waals surface area contributed by atoms with E-state index in [9.17, 15) is 8.78 Å². The highest BCUT2D eigenvalue weighted by atomic mass is 19.1. The lowest BCUT2D eigenvalue weighted by Crippen LogP contribution is -1.92. The minimum atomic E-state index is -0.227. The Hall–Kier alpha value is -9.24. The van der Waals surface area contributed by atoms with Gasteiger partial charge >= 0.3 is 0 Å². The lowest BCUT2D eigenvalue weighted by Gasteiger charge is -2.20. The molecule has 2 aliphatic rings. The molecule has 0 nitrogen and oxygen atoms in total. The second-order valence-corrected chi connectivity index (χ2v) is 20.3. The van der Waals surface area contributed by atoms with Gasteiger partial charge in [0.15, 0.2) is 0 Å². The molecule has 0 saturated heterocycles. The molecule has 0 spiro atoms. The first-order valence-corrected chi connectivity index (χ1v) is 24.9. The van der Waals surface area contributed by atoms with Gasteiger partial charge in [-0.15, -0.1) is 0 Å². The van der Waals surface area contributed by atoms with Crippen LogP contribution in [0.1, 0.15) is 0 Å². The van der Waals surface area contributed by atoms with Gasteiger partial charge in [-0.05, 0) is 222 Å². The summed E-state index contributed by atoms with van der Waals surface area (Å²) in [5.74, 6) is -0.453. The largest absolute Gasteiger partial charge is 0.207 e. The molecule has 0 radical (unpaired) electrons. The molecule has 0 saturated carbocycles. The van der Waals surface area contributed by atoms with Crippen LogP contribution in [0.2, 0.25) is 0 Å². The predicted octanol–water partition coefficient (Wildman–Crippen LogP) is 20.2. The molecule has 0 heterocycles. The summed E-state index contributed by atoms with van der Waals surface area (Å²) >= 11 is 0. The molecule has 0 fully saturated rings. The van der Waals surface area contributed by atoms with E-state index in [1.807, 2.05) is 24.3 Å². The monoisotopic (exact) mass is 912 g/mol. The van der Waals surface area contributed by atoms with Crippen LogP contribution >= 0.6 is 0 Å². The average molecular weight is 913 g/mol. The zero-order valence-electron chi connectivity index (χ0n) is 38.4. The van der Waals surface area contributed by atoms with E-state index in [2.05, 4.69) is 158 Å². The topological polar surface area (TPSA) is 0 Å². The molecule has 16 aromatic carbocycles. The normalized spacial score (nSPS) is 12.9. The first-order chi connectivity index (χ1) is 35.6. The Morgan fingerprint density at radius 2 is 0.431 bits per heavy atom. The second kappa shape index (κ2) is 12.9. The van der Waals surface area contributed by atoms with Crippen LogP contribution in [0.4, 0.5) is 8.78 Å². The number of hydrogen-bond acceptors (Lipinski definition) is 0. The summed E-state index contributed by atoms with van der Waals surface area (Å²) < 4.78 is 28.0. The average Bonchev–Trinajstić information content (AvgIpc) is 3.97. The van der Waals surface area contributed by atoms with Crippen molar-refractivity contribution >= 4 is 118 Å². The maximum absolute atomic E-state index is 14.0. The maximum atomic E-state index is 14.0. The number of fused-ring (bicyclic) bond motifs is 20. The van der Waals surface area contributed by atoms with Gasteiger partial charge in [0.1, 0.15) is 11.6 Å². The summed E-state index contributed by atoms with van der Waals surface area (Å²) in [4.78, 5) is 0. The van der Waals surface area contributed by atoms with E-state index < -0.39 is 0 Å². The van der Waals surface area contributed by atoms with Crippen molar-refractivity contribution in [2.75, 3.05) is 0 Å². The van der Waals surface area contributed by atoms with E-state index in [-0.39, 0.29) is 11.6 Å². The van der Waals surface area contributed by atoms with Crippen molar-refractivity contribution < 1.29 is 8.78 Å². The smallest absolute Gasteiger partial charge is 0.123 e. The summed E-state index contributed by atoms with van der Waals surface area (Å²) in [5, 5.41) is 28.2. The maximum Gasteiger partial charge on any atom is 0.123 e. The number of halogens is 2. The Morgan fingerprint density at radius 3 is 0.764 bits per heavy atom. The number of rotatable bonds is 2. The molecule has 2 heteroatoms. The van der Waals surface area contributed by atoms with Crippen LogP contribution < -0.4 is 0 Å². The van der Waals surface area contributed by atoms with Crippen LogP contribution in [0.5, 0.6) is 0 Å². The minimum Gasteiger partial charge on any atom is -0.207 e. The van der Waals surface area contributed by atoms with Crippen molar-refractivity contribution in [3.8, 4) is 66.8 Å². The summed E-state index contributed by atoms with van der Waals surface area (Å²) in [7, 11) is 0. The molecule has 0 unspecified atom stereocenters. The molecule has 328 valence electrons. The van der Waals surface area contributed by atoms with Crippen LogP contribution in [-0.2, 0) is 0 Å². The highest BCUT2D eigenvalue weighted by molar-refractivity contribution is 6.46. The fourth-order valence-electron chi connectivity index (χ4n) is 14.3. The van der Waals surface area contributed by atoms with E-state index in [1.54, 1.807) is 24.3 Å². The zero-order chi connectivity index (χ0) is 46.8. The Labute approximate surface area is 409 Å². The number of benzene rings is 16. The van der Waals surface area contributed by atoms with Gasteiger partial charge in [0, 0.05) is 0 Å². The Morgan fingerprint density at radius 1 is 0.181 bits per heavy atom. The molecular formula is C70H34F2. The fraction of sp³-hybridized carbons (Fsp3) is 0. The SMILES string of the molecule is Fc1ccc(-c2ccc3c4c(c5ccccc5c3c2)-c2ccc3c5ccc6c7ccc8c9c(ccc(c%10ccc(c%11ccc-4c2c3%11)c5c%106)c97)-c2c-8c3ccc(-c4ccc(F)cc4)cc3c3ccccc23)cc1. The van der Waals surface area contributed by atoms with Gasteiger partial charge < -0.3 is 0 Å². The highest BCUT2D eigenvalue weighted by Gasteiger charge is 2.32. The van der Waals surface area contributed by atoms with Crippen molar-refractivity contribution in [1.29, 1.82) is 0 Å². The molecule has 0 aliphatic heterocycles. The summed E-state index contributed by atoms with van der Waals surface area (Å²) in [6.45, 7) is 0. The van der Waals surface area contributed by atoms with E-state index in [1.165, 1.54) is 163 Å². The van der Waals surface area contributed by atoms with E-state index in [0.29, 0.717) is 0 Å². The Balaban J connectivity index is 0.882. The first kappa shape index (κ1) is 37.6. The molecule has 0 amide bonds. The standard InChI is InChI=1S/C70H34F2/c71-39-15-9-35(10-16-39)37-13-19-53-59(33-37)41-5-1-3-7-43(41)65-55-29-25-49-45-21-24-48-52-28-32-58-68-54-20-14-38(36-11-17-40(72)18-12-36)34-60(54)42-6-2-4-8-44(42)66(68)56-30-26-50(64(52)70(56)58)46-22-23-47(61(45)62(46)48)51-27-31-57(67(53)65)69(55)63(49)51/h1-34H. The molecule has 0 N–H and O–H groups in total. The number of hydrogen-bond donors (Lipinski definition) is 0. The van der Waals surface area contributed by atoms with Gasteiger partial charge in [0.25, 0.3) is 0 Å². The molecule has 16 aromatic rings. The van der Waals surface area contributed by atoms with E-state index in [4.69, 9.17) is 0 Å². The molecule has 18 rings (SSSR count). The van der Waals surface area contributed by atoms with Crippen LogP contribution in [0.15, 0.2) is 206 Å². The van der Waals surface area contributed by atoms with Gasteiger partial charge in [0.05, 0.1) is 0 Å². The molecule has 2 aliphatic carbocycles. The molecule has 72 heavy (non-hydrogen) atoms. The van der Waals surface area contributed by atoms with Crippen LogP contribution in [-0.4, -0.2) is 0 Å². The third kappa shape index (κ3) is 4.45. The van der Waals surface area contributed by atoms with Gasteiger partial charge in [0.2, 0.25) is 0 Å². The molecule has 0 atom stereocenters. The Kier molecular flexibility index (Phi) is 6.76. The van der Waals surface area contributed by atoms with Crippen molar-refractivity contribution in [1.82, 2.24) is 0 Å². The minimum absolute atomic E-state index is 0.227. The van der Waals surface area contributed by atoms with Crippen molar-refractivity contribution in [3.05, 3.63) is 218 Å². The highest BCUT2D eigenvalue weighted by Crippen LogP contribution is 2.60. The van der Waals surface area contributed by atoms with E-state index in [0.717, 1.165) is 22.3 Å². The van der Waals surface area contributed by atoms with Gasteiger partial charge in [-0.2, -0.15) is 0 Å². The van der Waals surface area contributed by atoms with Crippen molar-refractivity contribution in [2.24, 2.45) is 0 Å². The summed E-state index contributed by atoms with van der Waals surface area (Å²) in [6.07, 6.45) is 0. The second-order valence-electron chi connectivity index (χ2n) is 20.3. The first-order valence-electron chi connectivity index (χ1n) is 24.9. The molecular weight excluding hydrogens is 879 g/mol. The van der Waals surface area contributed by atoms with Gasteiger partial charge in [-0.1, -0.05) is 170 Å². The summed E-state index contributed by atoms with van der Waals surface area (Å²) in [5.41, 5.74) is 14.5. The summed E-state index contributed by atoms with van der Waals surface area (Å²) in [6, 6.07) is 73.7. The van der Waals surface area contributed by atoms with E-state index >= 15 is 0 Å². The zero-order valence-corrected chi connectivity index (χ0v) is 38.4. The third-order valence-corrected chi connectivity index (χ3v) is 17.1. The van der Waals surface area contributed by atoms with Gasteiger partial charge in [-0.3, -0.25) is 0 Å². The van der Waals surface area contributed by atoms with Crippen LogP contribution in [0.3, 0.4) is 0 Å². The molecule has 0 aromatic heterocycles. The van der Waals surface area contributed by atoms with Crippen molar-refractivity contribution in [3.63, 3.8) is 0 Å². The van der Waals surface area contributed by atoms with Gasteiger partial charge in [-0.25, -0.2) is 8.78 Å².